The molecule has 0 spiro atoms. The number of fused-ring (bicyclic) bond motifs is 1. The van der Waals surface area contributed by atoms with Gasteiger partial charge in [0.1, 0.15) is 5.69 Å². The first-order chi connectivity index (χ1) is 10.7. The molecule has 0 radical (unpaired) electrons. The second kappa shape index (κ2) is 5.98. The summed E-state index contributed by atoms with van der Waals surface area (Å²) in [5.41, 5.74) is 2.02. The van der Waals surface area contributed by atoms with Gasteiger partial charge in [0.05, 0.1) is 12.1 Å². The highest BCUT2D eigenvalue weighted by molar-refractivity contribution is 7.14. The number of hydrogen-bond acceptors (Lipinski definition) is 4. The zero-order valence-electron chi connectivity index (χ0n) is 11.8. The van der Waals surface area contributed by atoms with E-state index in [1.54, 1.807) is 18.5 Å². The molecule has 2 aromatic heterocycles. The molecular weight excluding hydrogens is 300 g/mol. The van der Waals surface area contributed by atoms with Crippen molar-refractivity contribution in [3.05, 3.63) is 47.1 Å². The first-order valence-corrected chi connectivity index (χ1v) is 7.58. The van der Waals surface area contributed by atoms with E-state index in [1.807, 2.05) is 24.3 Å². The van der Waals surface area contributed by atoms with E-state index in [0.29, 0.717) is 16.5 Å². The highest BCUT2D eigenvalue weighted by atomic mass is 32.1. The fraction of sp³-hybridized carbons (Fsp3) is 0.133. The SMILES string of the molecule is CNC(=O)Cc1csc(NC(=O)c2cc3ccccc3[nH]2)n1. The Hall–Kier alpha value is -2.67. The average molecular weight is 314 g/mol. The van der Waals surface area contributed by atoms with Crippen LogP contribution >= 0.6 is 11.3 Å². The molecule has 3 N–H and O–H groups in total. The minimum absolute atomic E-state index is 0.112. The summed E-state index contributed by atoms with van der Waals surface area (Å²) in [4.78, 5) is 30.8. The van der Waals surface area contributed by atoms with Crippen LogP contribution in [0.2, 0.25) is 0 Å². The smallest absolute Gasteiger partial charge is 0.273 e. The van der Waals surface area contributed by atoms with Gasteiger partial charge in [0, 0.05) is 23.3 Å². The molecule has 1 aromatic carbocycles. The van der Waals surface area contributed by atoms with E-state index in [9.17, 15) is 9.59 Å². The number of carbonyl (C=O) groups is 2. The lowest BCUT2D eigenvalue weighted by Crippen LogP contribution is -2.20. The summed E-state index contributed by atoms with van der Waals surface area (Å²) < 4.78 is 0. The van der Waals surface area contributed by atoms with Crippen molar-refractivity contribution in [1.29, 1.82) is 0 Å². The third-order valence-electron chi connectivity index (χ3n) is 3.17. The average Bonchev–Trinajstić information content (AvgIpc) is 3.13. The minimum Gasteiger partial charge on any atom is -0.359 e. The molecule has 0 fully saturated rings. The molecule has 2 heterocycles. The van der Waals surface area contributed by atoms with E-state index in [-0.39, 0.29) is 18.2 Å². The molecule has 0 aliphatic rings. The van der Waals surface area contributed by atoms with Crippen LogP contribution in [-0.4, -0.2) is 28.8 Å². The molecule has 6 nitrogen and oxygen atoms in total. The lowest BCUT2D eigenvalue weighted by Gasteiger charge is -1.98. The van der Waals surface area contributed by atoms with Crippen LogP contribution in [0.4, 0.5) is 5.13 Å². The Morgan fingerprint density at radius 3 is 2.91 bits per heavy atom. The van der Waals surface area contributed by atoms with Crippen LogP contribution in [0.5, 0.6) is 0 Å². The van der Waals surface area contributed by atoms with Crippen molar-refractivity contribution in [2.24, 2.45) is 0 Å². The van der Waals surface area contributed by atoms with E-state index >= 15 is 0 Å². The van der Waals surface area contributed by atoms with Crippen LogP contribution in [0.25, 0.3) is 10.9 Å². The van der Waals surface area contributed by atoms with E-state index < -0.39 is 0 Å². The van der Waals surface area contributed by atoms with Crippen LogP contribution in [-0.2, 0) is 11.2 Å². The molecule has 0 atom stereocenters. The lowest BCUT2D eigenvalue weighted by atomic mass is 10.2. The predicted octanol–water partition coefficient (Wildman–Crippen LogP) is 2.17. The number of carbonyl (C=O) groups excluding carboxylic acids is 2. The van der Waals surface area contributed by atoms with Gasteiger partial charge in [0.25, 0.3) is 5.91 Å². The number of aromatic nitrogens is 2. The Morgan fingerprint density at radius 2 is 2.14 bits per heavy atom. The quantitative estimate of drug-likeness (QED) is 0.689. The first kappa shape index (κ1) is 14.3. The largest absolute Gasteiger partial charge is 0.359 e. The van der Waals surface area contributed by atoms with Crippen LogP contribution < -0.4 is 10.6 Å². The van der Waals surface area contributed by atoms with Gasteiger partial charge in [-0.05, 0) is 12.1 Å². The third kappa shape index (κ3) is 2.99. The van der Waals surface area contributed by atoms with Crippen molar-refractivity contribution in [2.75, 3.05) is 12.4 Å². The lowest BCUT2D eigenvalue weighted by molar-refractivity contribution is -0.120. The Kier molecular flexibility index (Phi) is 3.88. The second-order valence-corrected chi connectivity index (χ2v) is 5.58. The molecule has 0 saturated carbocycles. The molecule has 0 aliphatic heterocycles. The number of amides is 2. The van der Waals surface area contributed by atoms with Gasteiger partial charge in [-0.25, -0.2) is 4.98 Å². The summed E-state index contributed by atoms with van der Waals surface area (Å²) in [6.07, 6.45) is 0.204. The fourth-order valence-electron chi connectivity index (χ4n) is 2.06. The van der Waals surface area contributed by atoms with Gasteiger partial charge < -0.3 is 10.3 Å². The molecule has 3 aromatic rings. The molecule has 0 aliphatic carbocycles. The van der Waals surface area contributed by atoms with Crippen LogP contribution in [0.1, 0.15) is 16.2 Å². The first-order valence-electron chi connectivity index (χ1n) is 6.70. The molecule has 7 heteroatoms. The third-order valence-corrected chi connectivity index (χ3v) is 3.97. The van der Waals surface area contributed by atoms with E-state index in [4.69, 9.17) is 0 Å². The number of para-hydroxylation sites is 1. The molecule has 0 bridgehead atoms. The molecule has 0 unspecified atom stereocenters. The van der Waals surface area contributed by atoms with Crippen molar-refractivity contribution in [3.63, 3.8) is 0 Å². The Labute approximate surface area is 130 Å². The normalized spacial score (nSPS) is 10.6. The van der Waals surface area contributed by atoms with Gasteiger partial charge in [-0.2, -0.15) is 0 Å². The maximum atomic E-state index is 12.2. The maximum Gasteiger partial charge on any atom is 0.273 e. The number of likely N-dealkylation sites (N-methyl/N-ethyl adjacent to an activating group) is 1. The number of thiazole rings is 1. The summed E-state index contributed by atoms with van der Waals surface area (Å²) in [7, 11) is 1.58. The second-order valence-electron chi connectivity index (χ2n) is 4.72. The van der Waals surface area contributed by atoms with Crippen molar-refractivity contribution >= 4 is 39.2 Å². The number of hydrogen-bond donors (Lipinski definition) is 3. The maximum absolute atomic E-state index is 12.2. The van der Waals surface area contributed by atoms with Crippen molar-refractivity contribution in [2.45, 2.75) is 6.42 Å². The zero-order chi connectivity index (χ0) is 15.5. The van der Waals surface area contributed by atoms with Gasteiger partial charge >= 0.3 is 0 Å². The Bertz CT molecular complexity index is 804. The number of aromatic amines is 1. The number of benzene rings is 1. The molecular formula is C15H14N4O2S. The number of anilines is 1. The number of rotatable bonds is 4. The number of nitrogens with zero attached hydrogens (tertiary/aromatic N) is 1. The van der Waals surface area contributed by atoms with Gasteiger partial charge in [-0.1, -0.05) is 18.2 Å². The summed E-state index contributed by atoms with van der Waals surface area (Å²) in [5.74, 6) is -0.365. The van der Waals surface area contributed by atoms with Crippen LogP contribution in [0.3, 0.4) is 0 Å². The fourth-order valence-corrected chi connectivity index (χ4v) is 2.76. The van der Waals surface area contributed by atoms with E-state index in [2.05, 4.69) is 20.6 Å². The van der Waals surface area contributed by atoms with Crippen LogP contribution in [0, 0.1) is 0 Å². The van der Waals surface area contributed by atoms with E-state index in [1.165, 1.54) is 11.3 Å². The van der Waals surface area contributed by atoms with Gasteiger partial charge in [0.2, 0.25) is 5.91 Å². The van der Waals surface area contributed by atoms with Gasteiger partial charge in [-0.15, -0.1) is 11.3 Å². The predicted molar refractivity (Wildman–Crippen MR) is 86.1 cm³/mol. The summed E-state index contributed by atoms with van der Waals surface area (Å²) in [6.45, 7) is 0. The van der Waals surface area contributed by atoms with Crippen molar-refractivity contribution < 1.29 is 9.59 Å². The van der Waals surface area contributed by atoms with Crippen molar-refractivity contribution in [1.82, 2.24) is 15.3 Å². The number of H-pyrrole nitrogens is 1. The monoisotopic (exact) mass is 314 g/mol. The van der Waals surface area contributed by atoms with Gasteiger partial charge in [0.15, 0.2) is 5.13 Å². The van der Waals surface area contributed by atoms with Crippen LogP contribution in [0.15, 0.2) is 35.7 Å². The topological polar surface area (TPSA) is 86.9 Å². The Balaban J connectivity index is 1.72. The summed E-state index contributed by atoms with van der Waals surface area (Å²) in [5, 5.41) is 8.49. The highest BCUT2D eigenvalue weighted by Gasteiger charge is 2.12. The molecule has 0 saturated heterocycles. The summed E-state index contributed by atoms with van der Waals surface area (Å²) in [6, 6.07) is 9.48. The minimum atomic E-state index is -0.253. The highest BCUT2D eigenvalue weighted by Crippen LogP contribution is 2.19. The Morgan fingerprint density at radius 1 is 1.32 bits per heavy atom. The van der Waals surface area contributed by atoms with Gasteiger partial charge in [-0.3, -0.25) is 14.9 Å². The van der Waals surface area contributed by atoms with E-state index in [0.717, 1.165) is 10.9 Å². The molecule has 2 amide bonds. The zero-order valence-corrected chi connectivity index (χ0v) is 12.7. The summed E-state index contributed by atoms with van der Waals surface area (Å²) >= 11 is 1.29. The number of nitrogens with one attached hydrogen (secondary N) is 3. The molecule has 3 rings (SSSR count). The van der Waals surface area contributed by atoms with Crippen molar-refractivity contribution in [3.8, 4) is 0 Å². The molecule has 112 valence electrons. The standard InChI is InChI=1S/C15H14N4O2S/c1-16-13(20)7-10-8-22-15(17-10)19-14(21)12-6-9-4-2-3-5-11(9)18-12/h2-6,8,18H,7H2,1H3,(H,16,20)(H,17,19,21). The molecule has 22 heavy (non-hydrogen) atoms.